The van der Waals surface area contributed by atoms with E-state index in [2.05, 4.69) is 20.6 Å². The summed E-state index contributed by atoms with van der Waals surface area (Å²) < 4.78 is 43.4. The molecular weight excluding hydrogens is 311 g/mol. The molecule has 0 radical (unpaired) electrons. The maximum atomic E-state index is 12.9. The van der Waals surface area contributed by atoms with Gasteiger partial charge >= 0.3 is 6.18 Å². The van der Waals surface area contributed by atoms with E-state index in [9.17, 15) is 13.2 Å². The zero-order chi connectivity index (χ0) is 13.3. The fraction of sp³-hybridized carbons (Fsp3) is 0.364. The topological polar surface area (TPSA) is 12.4 Å². The van der Waals surface area contributed by atoms with Gasteiger partial charge in [-0.3, -0.25) is 0 Å². The summed E-state index contributed by atoms with van der Waals surface area (Å²) >= 11 is 3.19. The van der Waals surface area contributed by atoms with Gasteiger partial charge in [0.15, 0.2) is 8.24 Å². The molecule has 1 nitrogen and oxygen atoms in total. The van der Waals surface area contributed by atoms with Crippen LogP contribution in [0, 0.1) is 0 Å². The Morgan fingerprint density at radius 2 is 1.59 bits per heavy atom. The molecule has 0 aliphatic carbocycles. The Morgan fingerprint density at radius 1 is 1.12 bits per heavy atom. The molecule has 0 unspecified atom stereocenters. The number of benzene rings is 1. The third-order valence-corrected chi connectivity index (χ3v) is 3.26. The van der Waals surface area contributed by atoms with Gasteiger partial charge in [-0.25, -0.2) is 0 Å². The Kier molecular flexibility index (Phi) is 4.19. The van der Waals surface area contributed by atoms with Crippen LogP contribution in [0.2, 0.25) is 19.6 Å². The minimum atomic E-state index is -4.41. The van der Waals surface area contributed by atoms with Crippen molar-refractivity contribution in [1.29, 1.82) is 0 Å². The average molecular weight is 324 g/mol. The smallest absolute Gasteiger partial charge is 0.317 e. The number of nitrogens with zero attached hydrogens (tertiary/aromatic N) is 1. The molecule has 0 bridgehead atoms. The van der Waals surface area contributed by atoms with Gasteiger partial charge in [-0.15, -0.1) is 0 Å². The Bertz CT molecular complexity index is 418. The third kappa shape index (κ3) is 4.63. The molecule has 0 heterocycles. The molecule has 1 aromatic rings. The standard InChI is InChI=1S/C11H13BrF3NSi/c1-17(2,3)16-10(11(13,14)15)8-4-6-9(12)7-5-8/h4-7H,1-3H3. The molecule has 0 aliphatic heterocycles. The minimum absolute atomic E-state index is 0.114. The highest BCUT2D eigenvalue weighted by atomic mass is 79.9. The number of rotatable bonds is 2. The monoisotopic (exact) mass is 323 g/mol. The predicted molar refractivity (Wildman–Crippen MR) is 70.1 cm³/mol. The fourth-order valence-electron chi connectivity index (χ4n) is 1.23. The Hall–Kier alpha value is -0.623. The number of hydrogen-bond acceptors (Lipinski definition) is 1. The quantitative estimate of drug-likeness (QED) is 0.555. The molecule has 0 aliphatic rings. The maximum Gasteiger partial charge on any atom is 0.432 e. The van der Waals surface area contributed by atoms with Crippen molar-refractivity contribution in [1.82, 2.24) is 0 Å². The van der Waals surface area contributed by atoms with Gasteiger partial charge in [-0.05, 0) is 31.8 Å². The second-order valence-electron chi connectivity index (χ2n) is 4.64. The molecule has 0 saturated heterocycles. The Labute approximate surface area is 108 Å². The summed E-state index contributed by atoms with van der Waals surface area (Å²) in [5, 5.41) is 0. The minimum Gasteiger partial charge on any atom is -0.317 e. The van der Waals surface area contributed by atoms with E-state index in [0.29, 0.717) is 0 Å². The molecule has 0 amide bonds. The van der Waals surface area contributed by atoms with E-state index in [1.807, 2.05) is 0 Å². The molecule has 1 rings (SSSR count). The molecule has 0 spiro atoms. The van der Waals surface area contributed by atoms with E-state index in [1.165, 1.54) is 12.1 Å². The van der Waals surface area contributed by atoms with Gasteiger partial charge in [0.25, 0.3) is 0 Å². The summed E-state index contributed by atoms with van der Waals surface area (Å²) in [5.41, 5.74) is -0.660. The van der Waals surface area contributed by atoms with Crippen LogP contribution in [0.25, 0.3) is 0 Å². The highest BCUT2D eigenvalue weighted by Crippen LogP contribution is 2.25. The van der Waals surface area contributed by atoms with Crippen LogP contribution in [-0.2, 0) is 0 Å². The normalized spacial score (nSPS) is 13.9. The first-order valence-corrected chi connectivity index (χ1v) is 9.26. The van der Waals surface area contributed by atoms with Crippen LogP contribution in [0.15, 0.2) is 33.4 Å². The molecule has 6 heteroatoms. The van der Waals surface area contributed by atoms with Crippen LogP contribution in [0.3, 0.4) is 0 Å². The Balaban J connectivity index is 3.26. The van der Waals surface area contributed by atoms with Crippen LogP contribution >= 0.6 is 15.9 Å². The van der Waals surface area contributed by atoms with Crippen LogP contribution in [0.4, 0.5) is 13.2 Å². The molecular formula is C11H13BrF3NSi. The van der Waals surface area contributed by atoms with Gasteiger partial charge in [0.1, 0.15) is 5.71 Å². The number of hydrogen-bond donors (Lipinski definition) is 0. The van der Waals surface area contributed by atoms with Crippen molar-refractivity contribution in [3.05, 3.63) is 34.3 Å². The largest absolute Gasteiger partial charge is 0.432 e. The zero-order valence-corrected chi connectivity index (χ0v) is 12.4. The van der Waals surface area contributed by atoms with E-state index in [-0.39, 0.29) is 5.56 Å². The lowest BCUT2D eigenvalue weighted by Crippen LogP contribution is -2.30. The second-order valence-corrected chi connectivity index (χ2v) is 10.1. The molecule has 94 valence electrons. The van der Waals surface area contributed by atoms with E-state index in [4.69, 9.17) is 0 Å². The first-order chi connectivity index (χ1) is 7.59. The fourth-order valence-corrected chi connectivity index (χ4v) is 2.43. The highest BCUT2D eigenvalue weighted by molar-refractivity contribution is 9.10. The first kappa shape index (κ1) is 14.4. The van der Waals surface area contributed by atoms with Crippen LogP contribution < -0.4 is 0 Å². The third-order valence-electron chi connectivity index (χ3n) is 1.83. The molecule has 0 fully saturated rings. The van der Waals surface area contributed by atoms with Crippen molar-refractivity contribution in [3.63, 3.8) is 0 Å². The maximum absolute atomic E-state index is 12.9. The van der Waals surface area contributed by atoms with Crippen molar-refractivity contribution in [2.75, 3.05) is 0 Å². The molecule has 0 atom stereocenters. The average Bonchev–Trinajstić information content (AvgIpc) is 2.13. The summed E-state index contributed by atoms with van der Waals surface area (Å²) in [5.74, 6) is 0. The molecule has 17 heavy (non-hydrogen) atoms. The van der Waals surface area contributed by atoms with E-state index in [0.717, 1.165) is 4.47 Å². The number of halogens is 4. The van der Waals surface area contributed by atoms with E-state index < -0.39 is 20.1 Å². The van der Waals surface area contributed by atoms with Crippen molar-refractivity contribution in [2.45, 2.75) is 25.8 Å². The van der Waals surface area contributed by atoms with Gasteiger partial charge in [0.05, 0.1) is 0 Å². The predicted octanol–water partition coefficient (Wildman–Crippen LogP) is 4.64. The molecule has 0 saturated carbocycles. The van der Waals surface area contributed by atoms with Gasteiger partial charge in [0, 0.05) is 10.0 Å². The van der Waals surface area contributed by atoms with Crippen molar-refractivity contribution in [2.24, 2.45) is 4.66 Å². The van der Waals surface area contributed by atoms with Crippen LogP contribution in [0.1, 0.15) is 5.56 Å². The van der Waals surface area contributed by atoms with Crippen LogP contribution in [0.5, 0.6) is 0 Å². The molecule has 1 aromatic carbocycles. The Morgan fingerprint density at radius 3 is 1.94 bits per heavy atom. The second kappa shape index (κ2) is 4.94. The summed E-state index contributed by atoms with van der Waals surface area (Å²) in [6, 6.07) is 6.02. The summed E-state index contributed by atoms with van der Waals surface area (Å²) in [6.45, 7) is 5.33. The number of alkyl halides is 3. The van der Waals surface area contributed by atoms with Gasteiger partial charge in [0.2, 0.25) is 0 Å². The lowest BCUT2D eigenvalue weighted by molar-refractivity contribution is -0.0579. The molecule has 0 N–H and O–H groups in total. The van der Waals surface area contributed by atoms with Gasteiger partial charge in [-0.1, -0.05) is 28.1 Å². The van der Waals surface area contributed by atoms with Crippen molar-refractivity contribution < 1.29 is 13.2 Å². The van der Waals surface area contributed by atoms with Gasteiger partial charge in [-0.2, -0.15) is 13.2 Å². The lowest BCUT2D eigenvalue weighted by atomic mass is 10.1. The van der Waals surface area contributed by atoms with Crippen LogP contribution in [-0.4, -0.2) is 20.1 Å². The molecule has 0 aromatic heterocycles. The van der Waals surface area contributed by atoms with E-state index >= 15 is 0 Å². The first-order valence-electron chi connectivity index (χ1n) is 5.02. The zero-order valence-electron chi connectivity index (χ0n) is 9.77. The summed E-state index contributed by atoms with van der Waals surface area (Å²) in [6.07, 6.45) is -4.41. The lowest BCUT2D eigenvalue weighted by Gasteiger charge is -2.17. The highest BCUT2D eigenvalue weighted by Gasteiger charge is 2.37. The van der Waals surface area contributed by atoms with Crippen molar-refractivity contribution >= 4 is 29.9 Å². The van der Waals surface area contributed by atoms with Gasteiger partial charge < -0.3 is 4.66 Å². The van der Waals surface area contributed by atoms with E-state index in [1.54, 1.807) is 31.8 Å². The van der Waals surface area contributed by atoms with Crippen molar-refractivity contribution in [3.8, 4) is 0 Å². The summed E-state index contributed by atoms with van der Waals surface area (Å²) in [7, 11) is -2.17. The summed E-state index contributed by atoms with van der Waals surface area (Å²) in [4.78, 5) is 0. The SMILES string of the molecule is C[Si](C)(C)N=C(c1ccc(Br)cc1)C(F)(F)F.